The number of carbonyl (C=O) groups is 2. The first-order valence-corrected chi connectivity index (χ1v) is 11.7. The van der Waals surface area contributed by atoms with Crippen molar-refractivity contribution in [3.63, 3.8) is 0 Å². The van der Waals surface area contributed by atoms with Gasteiger partial charge in [0, 0.05) is 41.8 Å². The number of rotatable bonds is 3. The van der Waals surface area contributed by atoms with Gasteiger partial charge in [-0.1, -0.05) is 17.7 Å². The van der Waals surface area contributed by atoms with Crippen molar-refractivity contribution in [2.24, 2.45) is 0 Å². The molecule has 0 bridgehead atoms. The molecular weight excluding hydrogens is 440 g/mol. The maximum Gasteiger partial charge on any atom is 0.415 e. The Kier molecular flexibility index (Phi) is 5.52. The third-order valence-electron chi connectivity index (χ3n) is 6.65. The number of amides is 2. The fraction of sp³-hybridized carbons (Fsp3) is 0.400. The topological polar surface area (TPSA) is 67.7 Å². The summed E-state index contributed by atoms with van der Waals surface area (Å²) in [6.07, 6.45) is 3.55. The quantitative estimate of drug-likeness (QED) is 0.525. The van der Waals surface area contributed by atoms with Crippen LogP contribution in [0.3, 0.4) is 0 Å². The summed E-state index contributed by atoms with van der Waals surface area (Å²) >= 11 is 6.11. The van der Waals surface area contributed by atoms with E-state index in [2.05, 4.69) is 23.4 Å². The van der Waals surface area contributed by atoms with E-state index in [0.29, 0.717) is 42.7 Å². The molecule has 7 nitrogen and oxygen atoms in total. The lowest BCUT2D eigenvalue weighted by molar-refractivity contribution is 0.0438. The SMILES string of the molecule is CC(C)n1cnc2cc(C(=O)N3CCC[C@@]4(CC3)CN(c3cccc(Cl)c3)C(=O)O4)ccc21. The molecule has 3 aromatic rings. The summed E-state index contributed by atoms with van der Waals surface area (Å²) in [7, 11) is 0. The summed E-state index contributed by atoms with van der Waals surface area (Å²) in [5, 5.41) is 0.578. The monoisotopic (exact) mass is 466 g/mol. The first-order chi connectivity index (χ1) is 15.8. The molecule has 1 atom stereocenters. The fourth-order valence-electron chi connectivity index (χ4n) is 4.86. The first-order valence-electron chi connectivity index (χ1n) is 11.4. The molecule has 0 radical (unpaired) electrons. The minimum Gasteiger partial charge on any atom is -0.441 e. The summed E-state index contributed by atoms with van der Waals surface area (Å²) in [5.41, 5.74) is 2.62. The molecule has 0 saturated carbocycles. The highest BCUT2D eigenvalue weighted by molar-refractivity contribution is 6.30. The summed E-state index contributed by atoms with van der Waals surface area (Å²) in [4.78, 5) is 33.9. The van der Waals surface area contributed by atoms with Crippen LogP contribution in [0.15, 0.2) is 48.8 Å². The standard InChI is InChI=1S/C25H27ClN4O3/c1-17(2)30-16-27-21-13-18(7-8-22(21)30)23(31)28-11-4-9-25(10-12-28)15-29(24(32)33-25)20-6-3-5-19(26)14-20/h3,5-8,13-14,16-17H,4,9-12,15H2,1-2H3/t25-/m1/s1. The van der Waals surface area contributed by atoms with Gasteiger partial charge in [0.25, 0.3) is 5.91 Å². The minimum atomic E-state index is -0.589. The highest BCUT2D eigenvalue weighted by Gasteiger charge is 2.46. The number of carbonyl (C=O) groups excluding carboxylic acids is 2. The number of hydrogen-bond acceptors (Lipinski definition) is 4. The van der Waals surface area contributed by atoms with Crippen LogP contribution in [-0.4, -0.2) is 51.7 Å². The molecule has 2 aliphatic rings. The highest BCUT2D eigenvalue weighted by atomic mass is 35.5. The molecule has 2 saturated heterocycles. The summed E-state index contributed by atoms with van der Waals surface area (Å²) in [5.74, 6) is -0.0101. The van der Waals surface area contributed by atoms with Crippen molar-refractivity contribution < 1.29 is 14.3 Å². The van der Waals surface area contributed by atoms with E-state index < -0.39 is 5.60 Å². The van der Waals surface area contributed by atoms with Crippen LogP contribution in [0.4, 0.5) is 10.5 Å². The van der Waals surface area contributed by atoms with Crippen molar-refractivity contribution in [3.05, 3.63) is 59.4 Å². The van der Waals surface area contributed by atoms with E-state index in [4.69, 9.17) is 16.3 Å². The molecule has 0 unspecified atom stereocenters. The third kappa shape index (κ3) is 4.06. The Labute approximate surface area is 197 Å². The van der Waals surface area contributed by atoms with Gasteiger partial charge in [-0.3, -0.25) is 9.69 Å². The number of fused-ring (bicyclic) bond motifs is 1. The first kappa shape index (κ1) is 21.8. The Morgan fingerprint density at radius 1 is 1.15 bits per heavy atom. The number of hydrogen-bond donors (Lipinski definition) is 0. The number of aromatic nitrogens is 2. The highest BCUT2D eigenvalue weighted by Crippen LogP contribution is 2.36. The minimum absolute atomic E-state index is 0.0101. The number of anilines is 1. The van der Waals surface area contributed by atoms with E-state index in [9.17, 15) is 9.59 Å². The van der Waals surface area contributed by atoms with Crippen molar-refractivity contribution in [1.29, 1.82) is 0 Å². The molecule has 1 spiro atoms. The average Bonchev–Trinajstić information content (AvgIpc) is 3.29. The molecule has 2 aromatic carbocycles. The summed E-state index contributed by atoms with van der Waals surface area (Å²) in [6, 6.07) is 13.2. The van der Waals surface area contributed by atoms with Crippen LogP contribution in [0.2, 0.25) is 5.02 Å². The van der Waals surface area contributed by atoms with Gasteiger partial charge in [0.15, 0.2) is 0 Å². The van der Waals surface area contributed by atoms with Crippen LogP contribution in [0.25, 0.3) is 11.0 Å². The van der Waals surface area contributed by atoms with Crippen molar-refractivity contribution in [3.8, 4) is 0 Å². The van der Waals surface area contributed by atoms with Crippen LogP contribution in [0.5, 0.6) is 0 Å². The predicted molar refractivity (Wildman–Crippen MR) is 128 cm³/mol. The van der Waals surface area contributed by atoms with Gasteiger partial charge >= 0.3 is 6.09 Å². The number of benzene rings is 2. The Hall–Kier alpha value is -3.06. The number of ether oxygens (including phenoxy) is 1. The van der Waals surface area contributed by atoms with E-state index in [1.54, 1.807) is 17.0 Å². The number of halogens is 1. The fourth-order valence-corrected chi connectivity index (χ4v) is 5.04. The van der Waals surface area contributed by atoms with Gasteiger partial charge in [0.2, 0.25) is 0 Å². The molecule has 8 heteroatoms. The molecule has 33 heavy (non-hydrogen) atoms. The van der Waals surface area contributed by atoms with Gasteiger partial charge in [0.05, 0.1) is 23.9 Å². The molecular formula is C25H27ClN4O3. The van der Waals surface area contributed by atoms with Gasteiger partial charge in [-0.05, 0) is 63.1 Å². The van der Waals surface area contributed by atoms with Gasteiger partial charge in [0.1, 0.15) is 5.60 Å². The Morgan fingerprint density at radius 3 is 2.79 bits per heavy atom. The lowest BCUT2D eigenvalue weighted by Gasteiger charge is -2.25. The predicted octanol–water partition coefficient (Wildman–Crippen LogP) is 5.29. The summed E-state index contributed by atoms with van der Waals surface area (Å²) in [6.45, 7) is 5.85. The number of likely N-dealkylation sites (tertiary alicyclic amines) is 1. The van der Waals surface area contributed by atoms with Crippen LogP contribution in [0, 0.1) is 0 Å². The smallest absolute Gasteiger partial charge is 0.415 e. The van der Waals surface area contributed by atoms with Crippen LogP contribution in [0.1, 0.15) is 49.5 Å². The maximum atomic E-state index is 13.3. The lowest BCUT2D eigenvalue weighted by atomic mass is 9.95. The molecule has 0 aliphatic carbocycles. The zero-order valence-corrected chi connectivity index (χ0v) is 19.6. The average molecular weight is 467 g/mol. The number of imidazole rings is 1. The normalized spacial score (nSPS) is 21.2. The van der Waals surface area contributed by atoms with Crippen molar-refractivity contribution in [2.45, 2.75) is 44.8 Å². The molecule has 172 valence electrons. The third-order valence-corrected chi connectivity index (χ3v) is 6.89. The van der Waals surface area contributed by atoms with E-state index in [1.807, 2.05) is 41.6 Å². The van der Waals surface area contributed by atoms with Crippen molar-refractivity contribution in [1.82, 2.24) is 14.5 Å². The molecule has 3 heterocycles. The second kappa shape index (κ2) is 8.37. The van der Waals surface area contributed by atoms with E-state index >= 15 is 0 Å². The maximum absolute atomic E-state index is 13.3. The van der Waals surface area contributed by atoms with Gasteiger partial charge < -0.3 is 14.2 Å². The molecule has 2 fully saturated rings. The van der Waals surface area contributed by atoms with Crippen LogP contribution >= 0.6 is 11.6 Å². The zero-order chi connectivity index (χ0) is 23.2. The molecule has 2 amide bonds. The van der Waals surface area contributed by atoms with Crippen LogP contribution in [-0.2, 0) is 4.74 Å². The zero-order valence-electron chi connectivity index (χ0n) is 18.8. The van der Waals surface area contributed by atoms with Gasteiger partial charge in [-0.25, -0.2) is 9.78 Å². The molecule has 2 aliphatic heterocycles. The van der Waals surface area contributed by atoms with Gasteiger partial charge in [-0.2, -0.15) is 0 Å². The van der Waals surface area contributed by atoms with Gasteiger partial charge in [-0.15, -0.1) is 0 Å². The van der Waals surface area contributed by atoms with E-state index in [1.165, 1.54) is 0 Å². The van der Waals surface area contributed by atoms with Crippen molar-refractivity contribution >= 4 is 40.3 Å². The van der Waals surface area contributed by atoms with Crippen LogP contribution < -0.4 is 4.90 Å². The van der Waals surface area contributed by atoms with E-state index in [-0.39, 0.29) is 12.0 Å². The Balaban J connectivity index is 1.31. The number of nitrogens with zero attached hydrogens (tertiary/aromatic N) is 4. The second-order valence-electron chi connectivity index (χ2n) is 9.21. The Bertz CT molecular complexity index is 1220. The molecule has 1 aromatic heterocycles. The largest absolute Gasteiger partial charge is 0.441 e. The second-order valence-corrected chi connectivity index (χ2v) is 9.65. The van der Waals surface area contributed by atoms with E-state index in [0.717, 1.165) is 29.6 Å². The summed E-state index contributed by atoms with van der Waals surface area (Å²) < 4.78 is 7.98. The Morgan fingerprint density at radius 2 is 2.00 bits per heavy atom. The molecule has 5 rings (SSSR count). The lowest BCUT2D eigenvalue weighted by Crippen LogP contribution is -2.37. The van der Waals surface area contributed by atoms with Crippen molar-refractivity contribution in [2.75, 3.05) is 24.5 Å². The molecule has 0 N–H and O–H groups in total.